The van der Waals surface area contributed by atoms with Crippen molar-refractivity contribution in [1.82, 2.24) is 4.90 Å². The van der Waals surface area contributed by atoms with Crippen molar-refractivity contribution in [2.75, 3.05) is 31.1 Å². The fourth-order valence-electron chi connectivity index (χ4n) is 2.55. The van der Waals surface area contributed by atoms with Crippen molar-refractivity contribution in [1.29, 1.82) is 0 Å². The van der Waals surface area contributed by atoms with Gasteiger partial charge in [0.15, 0.2) is 0 Å². The molecule has 0 aliphatic rings. The van der Waals surface area contributed by atoms with Crippen LogP contribution in [0.4, 0.5) is 5.69 Å². The molecule has 4 heteroatoms. The number of nitrogens with zero attached hydrogens (tertiary/aromatic N) is 2. The minimum absolute atomic E-state index is 0.168. The van der Waals surface area contributed by atoms with Gasteiger partial charge in [-0.15, -0.1) is 0 Å². The van der Waals surface area contributed by atoms with Gasteiger partial charge in [-0.2, -0.15) is 0 Å². The number of nitrogens with two attached hydrogens (primary N) is 1. The summed E-state index contributed by atoms with van der Waals surface area (Å²) in [6, 6.07) is 8.13. The Hall–Kier alpha value is -1.55. The van der Waals surface area contributed by atoms with Crippen LogP contribution >= 0.6 is 0 Å². The monoisotopic (exact) mass is 291 g/mol. The molecule has 4 nitrogen and oxygen atoms in total. The number of benzene rings is 1. The normalized spacial score (nSPS) is 12.0. The molecule has 118 valence electrons. The lowest BCUT2D eigenvalue weighted by Gasteiger charge is -2.34. The van der Waals surface area contributed by atoms with Crippen LogP contribution in [0.3, 0.4) is 0 Å². The van der Waals surface area contributed by atoms with Gasteiger partial charge in [-0.25, -0.2) is 0 Å². The first-order chi connectivity index (χ1) is 10.0. The fourth-order valence-corrected chi connectivity index (χ4v) is 2.55. The molecule has 1 aromatic carbocycles. The predicted octanol–water partition coefficient (Wildman–Crippen LogP) is 2.41. The van der Waals surface area contributed by atoms with Crippen LogP contribution in [0.25, 0.3) is 0 Å². The lowest BCUT2D eigenvalue weighted by molar-refractivity contribution is -0.131. The first kappa shape index (κ1) is 17.5. The number of hydrogen-bond donors (Lipinski definition) is 1. The number of amides is 1. The maximum Gasteiger partial charge on any atom is 0.244 e. The van der Waals surface area contributed by atoms with E-state index in [0.717, 1.165) is 31.7 Å². The van der Waals surface area contributed by atoms with Crippen LogP contribution < -0.4 is 10.6 Å². The van der Waals surface area contributed by atoms with Gasteiger partial charge in [0.2, 0.25) is 5.91 Å². The summed E-state index contributed by atoms with van der Waals surface area (Å²) in [6.45, 7) is 11.0. The summed E-state index contributed by atoms with van der Waals surface area (Å²) >= 11 is 0. The number of carbonyl (C=O) groups excluding carboxylic acids is 1. The second kappa shape index (κ2) is 8.67. The third-order valence-electron chi connectivity index (χ3n) is 3.84. The van der Waals surface area contributed by atoms with E-state index in [9.17, 15) is 4.79 Å². The number of aryl methyl sites for hydroxylation is 1. The van der Waals surface area contributed by atoms with Crippen LogP contribution in [0.15, 0.2) is 24.3 Å². The molecule has 1 amide bonds. The van der Waals surface area contributed by atoms with Gasteiger partial charge in [0, 0.05) is 25.3 Å². The highest BCUT2D eigenvalue weighted by Gasteiger charge is 2.24. The molecular weight excluding hydrogens is 262 g/mol. The molecule has 1 unspecified atom stereocenters. The standard InChI is InChI=1S/C17H29N3O/c1-5-19(6-2)17(21)15(4)20(12-8-11-18)16-10-7-9-14(3)13-16/h7,9-10,13,15H,5-6,8,11-12,18H2,1-4H3. The van der Waals surface area contributed by atoms with E-state index in [4.69, 9.17) is 5.73 Å². The molecule has 1 rings (SSSR count). The van der Waals surface area contributed by atoms with Crippen LogP contribution in [0.5, 0.6) is 0 Å². The van der Waals surface area contributed by atoms with Gasteiger partial charge < -0.3 is 15.5 Å². The molecule has 0 saturated carbocycles. The van der Waals surface area contributed by atoms with Gasteiger partial charge in [-0.05, 0) is 58.4 Å². The summed E-state index contributed by atoms with van der Waals surface area (Å²) in [6.07, 6.45) is 0.879. The molecule has 0 aliphatic carbocycles. The minimum Gasteiger partial charge on any atom is -0.360 e. The van der Waals surface area contributed by atoms with E-state index in [1.54, 1.807) is 0 Å². The zero-order valence-corrected chi connectivity index (χ0v) is 13.8. The Balaban J connectivity index is 2.98. The molecule has 21 heavy (non-hydrogen) atoms. The summed E-state index contributed by atoms with van der Waals surface area (Å²) in [7, 11) is 0. The zero-order valence-electron chi connectivity index (χ0n) is 13.8. The van der Waals surface area contributed by atoms with Gasteiger partial charge in [0.25, 0.3) is 0 Å². The van der Waals surface area contributed by atoms with Crippen molar-refractivity contribution in [3.05, 3.63) is 29.8 Å². The average molecular weight is 291 g/mol. The van der Waals surface area contributed by atoms with Crippen LogP contribution in [0, 0.1) is 6.92 Å². The summed E-state index contributed by atoms with van der Waals surface area (Å²) < 4.78 is 0. The van der Waals surface area contributed by atoms with E-state index < -0.39 is 0 Å². The highest BCUT2D eigenvalue weighted by atomic mass is 16.2. The Morgan fingerprint density at radius 1 is 1.29 bits per heavy atom. The largest absolute Gasteiger partial charge is 0.360 e. The molecule has 0 heterocycles. The second-order valence-corrected chi connectivity index (χ2v) is 5.36. The number of carbonyl (C=O) groups is 1. The van der Waals surface area contributed by atoms with E-state index in [1.165, 1.54) is 5.56 Å². The number of hydrogen-bond acceptors (Lipinski definition) is 3. The first-order valence-corrected chi connectivity index (χ1v) is 7.87. The van der Waals surface area contributed by atoms with E-state index >= 15 is 0 Å². The minimum atomic E-state index is -0.168. The van der Waals surface area contributed by atoms with Gasteiger partial charge in [-0.1, -0.05) is 12.1 Å². The molecular formula is C17H29N3O. The summed E-state index contributed by atoms with van der Waals surface area (Å²) in [4.78, 5) is 16.7. The molecule has 1 aromatic rings. The smallest absolute Gasteiger partial charge is 0.244 e. The van der Waals surface area contributed by atoms with Gasteiger partial charge in [0.05, 0.1) is 0 Å². The Morgan fingerprint density at radius 3 is 2.48 bits per heavy atom. The van der Waals surface area contributed by atoms with Crippen molar-refractivity contribution in [3.8, 4) is 0 Å². The highest BCUT2D eigenvalue weighted by Crippen LogP contribution is 2.20. The second-order valence-electron chi connectivity index (χ2n) is 5.36. The molecule has 0 fully saturated rings. The molecule has 0 aromatic heterocycles. The van der Waals surface area contributed by atoms with Crippen molar-refractivity contribution in [2.45, 2.75) is 40.2 Å². The maximum absolute atomic E-state index is 12.6. The van der Waals surface area contributed by atoms with E-state index in [-0.39, 0.29) is 11.9 Å². The van der Waals surface area contributed by atoms with Crippen molar-refractivity contribution in [3.63, 3.8) is 0 Å². The predicted molar refractivity (Wildman–Crippen MR) is 89.6 cm³/mol. The molecule has 0 radical (unpaired) electrons. The van der Waals surface area contributed by atoms with Gasteiger partial charge in [0.1, 0.15) is 6.04 Å². The molecule has 0 saturated heterocycles. The third-order valence-corrected chi connectivity index (χ3v) is 3.84. The van der Waals surface area contributed by atoms with Crippen molar-refractivity contribution in [2.24, 2.45) is 5.73 Å². The van der Waals surface area contributed by atoms with E-state index in [1.807, 2.05) is 31.7 Å². The number of anilines is 1. The Kier molecular flexibility index (Phi) is 7.23. The molecule has 1 atom stereocenters. The lowest BCUT2D eigenvalue weighted by Crippen LogP contribution is -2.48. The van der Waals surface area contributed by atoms with Gasteiger partial charge >= 0.3 is 0 Å². The van der Waals surface area contributed by atoms with Gasteiger partial charge in [-0.3, -0.25) is 4.79 Å². The Labute approximate surface area is 128 Å². The fraction of sp³-hybridized carbons (Fsp3) is 0.588. The lowest BCUT2D eigenvalue weighted by atomic mass is 10.1. The average Bonchev–Trinajstić information content (AvgIpc) is 2.48. The Morgan fingerprint density at radius 2 is 1.95 bits per heavy atom. The van der Waals surface area contributed by atoms with Crippen LogP contribution in [-0.4, -0.2) is 43.0 Å². The zero-order chi connectivity index (χ0) is 15.8. The maximum atomic E-state index is 12.6. The van der Waals surface area contributed by atoms with E-state index in [2.05, 4.69) is 30.0 Å². The van der Waals surface area contributed by atoms with E-state index in [0.29, 0.717) is 6.54 Å². The summed E-state index contributed by atoms with van der Waals surface area (Å²) in [5, 5.41) is 0. The van der Waals surface area contributed by atoms with Crippen molar-refractivity contribution >= 4 is 11.6 Å². The number of rotatable bonds is 8. The molecule has 0 bridgehead atoms. The van der Waals surface area contributed by atoms with Crippen LogP contribution in [-0.2, 0) is 4.79 Å². The van der Waals surface area contributed by atoms with Crippen molar-refractivity contribution < 1.29 is 4.79 Å². The van der Waals surface area contributed by atoms with Crippen LogP contribution in [0.2, 0.25) is 0 Å². The summed E-state index contributed by atoms with van der Waals surface area (Å²) in [5.74, 6) is 0.179. The summed E-state index contributed by atoms with van der Waals surface area (Å²) in [5.41, 5.74) is 7.95. The Bertz CT molecular complexity index is 443. The molecule has 0 spiro atoms. The topological polar surface area (TPSA) is 49.6 Å². The first-order valence-electron chi connectivity index (χ1n) is 7.87. The van der Waals surface area contributed by atoms with Crippen LogP contribution in [0.1, 0.15) is 32.8 Å². The molecule has 2 N–H and O–H groups in total. The molecule has 0 aliphatic heterocycles. The number of likely N-dealkylation sites (N-methyl/N-ethyl adjacent to an activating group) is 1. The highest BCUT2D eigenvalue weighted by molar-refractivity contribution is 5.85. The SMILES string of the molecule is CCN(CC)C(=O)C(C)N(CCCN)c1cccc(C)c1. The quantitative estimate of drug-likeness (QED) is 0.800. The third kappa shape index (κ3) is 4.74.